The molecule has 0 fully saturated rings. The number of hydrogen-bond donors (Lipinski definition) is 2. The van der Waals surface area contributed by atoms with Gasteiger partial charge in [-0.05, 0) is 26.0 Å². The molecule has 0 saturated carbocycles. The molecule has 0 atom stereocenters. The van der Waals surface area contributed by atoms with Crippen molar-refractivity contribution in [1.29, 1.82) is 0 Å². The van der Waals surface area contributed by atoms with Gasteiger partial charge in [0.1, 0.15) is 0 Å². The van der Waals surface area contributed by atoms with Crippen molar-refractivity contribution in [1.82, 2.24) is 15.0 Å². The summed E-state index contributed by atoms with van der Waals surface area (Å²) >= 11 is 1.90. The third-order valence-corrected chi connectivity index (χ3v) is 5.24. The van der Waals surface area contributed by atoms with Crippen LogP contribution in [0.3, 0.4) is 0 Å². The Morgan fingerprint density at radius 3 is 2.00 bits per heavy atom. The molecule has 6 nitrogen and oxygen atoms in total. The van der Waals surface area contributed by atoms with Gasteiger partial charge in [-0.25, -0.2) is 0 Å². The van der Waals surface area contributed by atoms with Crippen LogP contribution in [0, 0.1) is 0 Å². The normalized spacial score (nSPS) is 11.3. The van der Waals surface area contributed by atoms with Gasteiger partial charge in [0.25, 0.3) is 0 Å². The molecule has 1 rings (SSSR count). The van der Waals surface area contributed by atoms with Crippen LogP contribution in [0.1, 0.15) is 33.6 Å². The SMILES string of the molecule is CCNc1nc(NCC(CC)(CC)SC)nc(N(C)C)n1. The van der Waals surface area contributed by atoms with E-state index in [0.717, 1.165) is 25.9 Å². The number of aromatic nitrogens is 3. The molecule has 7 heteroatoms. The number of hydrogen-bond acceptors (Lipinski definition) is 7. The summed E-state index contributed by atoms with van der Waals surface area (Å²) in [6, 6.07) is 0. The van der Waals surface area contributed by atoms with Crippen molar-refractivity contribution in [3.8, 4) is 0 Å². The van der Waals surface area contributed by atoms with Crippen molar-refractivity contribution >= 4 is 29.6 Å². The lowest BCUT2D eigenvalue weighted by Crippen LogP contribution is -2.32. The lowest BCUT2D eigenvalue weighted by molar-refractivity contribution is 0.573. The number of nitrogens with zero attached hydrogens (tertiary/aromatic N) is 4. The van der Waals surface area contributed by atoms with Gasteiger partial charge in [0.2, 0.25) is 17.8 Å². The molecule has 1 aromatic rings. The van der Waals surface area contributed by atoms with E-state index in [0.29, 0.717) is 17.8 Å². The van der Waals surface area contributed by atoms with Gasteiger partial charge in [-0.15, -0.1) is 0 Å². The van der Waals surface area contributed by atoms with Crippen LogP contribution >= 0.6 is 11.8 Å². The standard InChI is InChI=1S/C14H28N6S/c1-7-14(8-2,21-6)10-16-12-17-11(15-9-3)18-13(19-12)20(4)5/h7-10H2,1-6H3,(H2,15,16,17,18,19). The zero-order valence-electron chi connectivity index (χ0n) is 14.0. The van der Waals surface area contributed by atoms with Crippen LogP contribution in [0.5, 0.6) is 0 Å². The maximum Gasteiger partial charge on any atom is 0.231 e. The van der Waals surface area contributed by atoms with Gasteiger partial charge in [0.15, 0.2) is 0 Å². The maximum absolute atomic E-state index is 4.46. The van der Waals surface area contributed by atoms with E-state index < -0.39 is 0 Å². The van der Waals surface area contributed by atoms with Crippen LogP contribution in [0.4, 0.5) is 17.8 Å². The topological polar surface area (TPSA) is 66.0 Å². The van der Waals surface area contributed by atoms with Gasteiger partial charge in [-0.3, -0.25) is 0 Å². The Morgan fingerprint density at radius 2 is 1.57 bits per heavy atom. The van der Waals surface area contributed by atoms with Gasteiger partial charge in [-0.1, -0.05) is 13.8 Å². The summed E-state index contributed by atoms with van der Waals surface area (Å²) in [4.78, 5) is 15.2. The van der Waals surface area contributed by atoms with E-state index in [1.165, 1.54) is 0 Å². The predicted molar refractivity (Wildman–Crippen MR) is 93.6 cm³/mol. The zero-order valence-corrected chi connectivity index (χ0v) is 14.8. The second kappa shape index (κ2) is 8.26. The molecule has 120 valence electrons. The molecule has 0 radical (unpaired) electrons. The molecule has 21 heavy (non-hydrogen) atoms. The Bertz CT molecular complexity index is 425. The molecule has 0 aliphatic rings. The molecule has 0 bridgehead atoms. The molecular formula is C14H28N6S. The van der Waals surface area contributed by atoms with E-state index in [4.69, 9.17) is 0 Å². The highest BCUT2D eigenvalue weighted by atomic mass is 32.2. The lowest BCUT2D eigenvalue weighted by atomic mass is 10.0. The summed E-state index contributed by atoms with van der Waals surface area (Å²) in [7, 11) is 3.86. The number of anilines is 3. The molecule has 1 heterocycles. The van der Waals surface area contributed by atoms with Gasteiger partial charge >= 0.3 is 0 Å². The summed E-state index contributed by atoms with van der Waals surface area (Å²) in [6.07, 6.45) is 4.39. The van der Waals surface area contributed by atoms with Gasteiger partial charge in [0.05, 0.1) is 0 Å². The van der Waals surface area contributed by atoms with Crippen LogP contribution in [0.25, 0.3) is 0 Å². The molecule has 0 saturated heterocycles. The fourth-order valence-electron chi connectivity index (χ4n) is 1.98. The maximum atomic E-state index is 4.46. The first kappa shape index (κ1) is 17.8. The Hall–Kier alpha value is -1.24. The second-order valence-electron chi connectivity index (χ2n) is 5.16. The Balaban J connectivity index is 2.91. The Labute approximate surface area is 132 Å². The number of nitrogens with one attached hydrogen (secondary N) is 2. The first-order valence-corrected chi connectivity index (χ1v) is 8.69. The summed E-state index contributed by atoms with van der Waals surface area (Å²) in [6.45, 7) is 8.12. The van der Waals surface area contributed by atoms with E-state index >= 15 is 0 Å². The quantitative estimate of drug-likeness (QED) is 0.726. The van der Waals surface area contributed by atoms with Crippen LogP contribution in [-0.4, -0.2) is 53.1 Å². The monoisotopic (exact) mass is 312 g/mol. The molecule has 0 aliphatic heterocycles. The molecule has 1 aromatic heterocycles. The third kappa shape index (κ3) is 4.91. The third-order valence-electron chi connectivity index (χ3n) is 3.65. The smallest absolute Gasteiger partial charge is 0.231 e. The summed E-state index contributed by atoms with van der Waals surface area (Å²) in [5.41, 5.74) is 0. The molecule has 0 amide bonds. The van der Waals surface area contributed by atoms with Crippen LogP contribution < -0.4 is 15.5 Å². The molecule has 2 N–H and O–H groups in total. The van der Waals surface area contributed by atoms with Crippen molar-refractivity contribution in [2.45, 2.75) is 38.4 Å². The molecular weight excluding hydrogens is 284 g/mol. The largest absolute Gasteiger partial charge is 0.354 e. The minimum Gasteiger partial charge on any atom is -0.354 e. The highest BCUT2D eigenvalue weighted by molar-refractivity contribution is 8.00. The van der Waals surface area contributed by atoms with Crippen molar-refractivity contribution in [2.75, 3.05) is 49.0 Å². The Kier molecular flexibility index (Phi) is 7.01. The van der Waals surface area contributed by atoms with E-state index in [9.17, 15) is 0 Å². The fraction of sp³-hybridized carbons (Fsp3) is 0.786. The minimum atomic E-state index is 0.225. The van der Waals surface area contributed by atoms with E-state index in [1.807, 2.05) is 37.7 Å². The van der Waals surface area contributed by atoms with E-state index in [-0.39, 0.29) is 4.75 Å². The van der Waals surface area contributed by atoms with Gasteiger partial charge in [0, 0.05) is 31.9 Å². The Morgan fingerprint density at radius 1 is 1.00 bits per heavy atom. The van der Waals surface area contributed by atoms with E-state index in [1.54, 1.807) is 0 Å². The van der Waals surface area contributed by atoms with Crippen LogP contribution in [-0.2, 0) is 0 Å². The zero-order chi connectivity index (χ0) is 15.9. The van der Waals surface area contributed by atoms with Crippen molar-refractivity contribution in [3.05, 3.63) is 0 Å². The minimum absolute atomic E-state index is 0.225. The molecule has 0 unspecified atom stereocenters. The molecule has 0 aliphatic carbocycles. The summed E-state index contributed by atoms with van der Waals surface area (Å²) in [5.74, 6) is 1.90. The predicted octanol–water partition coefficient (Wildman–Crippen LogP) is 2.70. The van der Waals surface area contributed by atoms with Crippen molar-refractivity contribution in [3.63, 3.8) is 0 Å². The first-order chi connectivity index (χ1) is 10.00. The van der Waals surface area contributed by atoms with Crippen molar-refractivity contribution < 1.29 is 0 Å². The van der Waals surface area contributed by atoms with Crippen molar-refractivity contribution in [2.24, 2.45) is 0 Å². The highest BCUT2D eigenvalue weighted by Gasteiger charge is 2.25. The van der Waals surface area contributed by atoms with Gasteiger partial charge < -0.3 is 15.5 Å². The summed E-state index contributed by atoms with van der Waals surface area (Å²) < 4.78 is 0.225. The van der Waals surface area contributed by atoms with E-state index in [2.05, 4.69) is 45.7 Å². The van der Waals surface area contributed by atoms with Crippen LogP contribution in [0.2, 0.25) is 0 Å². The summed E-state index contributed by atoms with van der Waals surface area (Å²) in [5, 5.41) is 6.53. The number of thioether (sulfide) groups is 1. The molecule has 0 spiro atoms. The first-order valence-electron chi connectivity index (χ1n) is 7.46. The van der Waals surface area contributed by atoms with Gasteiger partial charge in [-0.2, -0.15) is 26.7 Å². The lowest BCUT2D eigenvalue weighted by Gasteiger charge is -2.29. The van der Waals surface area contributed by atoms with Crippen LogP contribution in [0.15, 0.2) is 0 Å². The second-order valence-corrected chi connectivity index (χ2v) is 6.43. The molecule has 0 aromatic carbocycles. The fourth-order valence-corrected chi connectivity index (χ4v) is 2.78. The average molecular weight is 312 g/mol. The number of rotatable bonds is 9. The average Bonchev–Trinajstić information content (AvgIpc) is 2.49. The highest BCUT2D eigenvalue weighted by Crippen LogP contribution is 2.30.